The summed E-state index contributed by atoms with van der Waals surface area (Å²) in [6.07, 6.45) is 7.29. The SMILES string of the molecule is CC(=O)CC1CCCCCN1Cc1ccco1. The minimum absolute atomic E-state index is 0.293. The highest BCUT2D eigenvalue weighted by Gasteiger charge is 2.22. The molecular formula is C14H21NO2. The van der Waals surface area contributed by atoms with Crippen LogP contribution in [0.4, 0.5) is 0 Å². The Morgan fingerprint density at radius 1 is 1.47 bits per heavy atom. The fourth-order valence-corrected chi connectivity index (χ4v) is 2.61. The first-order valence-electron chi connectivity index (χ1n) is 6.51. The molecule has 1 aliphatic heterocycles. The summed E-state index contributed by atoms with van der Waals surface area (Å²) in [6.45, 7) is 3.61. The predicted octanol–water partition coefficient (Wildman–Crippen LogP) is 3.00. The number of hydrogen-bond acceptors (Lipinski definition) is 3. The van der Waals surface area contributed by atoms with E-state index in [1.54, 1.807) is 13.2 Å². The Morgan fingerprint density at radius 3 is 3.06 bits per heavy atom. The molecule has 3 nitrogen and oxygen atoms in total. The minimum Gasteiger partial charge on any atom is -0.468 e. The zero-order valence-electron chi connectivity index (χ0n) is 10.5. The molecule has 1 unspecified atom stereocenters. The van der Waals surface area contributed by atoms with Crippen LogP contribution in [0, 0.1) is 0 Å². The smallest absolute Gasteiger partial charge is 0.131 e. The highest BCUT2D eigenvalue weighted by atomic mass is 16.3. The summed E-state index contributed by atoms with van der Waals surface area (Å²) in [5, 5.41) is 0. The van der Waals surface area contributed by atoms with Crippen LogP contribution < -0.4 is 0 Å². The fraction of sp³-hybridized carbons (Fsp3) is 0.643. The summed E-state index contributed by atoms with van der Waals surface area (Å²) in [4.78, 5) is 13.7. The second-order valence-corrected chi connectivity index (χ2v) is 4.96. The van der Waals surface area contributed by atoms with Gasteiger partial charge in [-0.25, -0.2) is 0 Å². The van der Waals surface area contributed by atoms with Gasteiger partial charge in [0.05, 0.1) is 12.8 Å². The molecule has 17 heavy (non-hydrogen) atoms. The second kappa shape index (κ2) is 6.01. The monoisotopic (exact) mass is 235 g/mol. The number of hydrogen-bond donors (Lipinski definition) is 0. The van der Waals surface area contributed by atoms with E-state index < -0.39 is 0 Å². The van der Waals surface area contributed by atoms with Crippen molar-refractivity contribution in [3.63, 3.8) is 0 Å². The Balaban J connectivity index is 2.00. The van der Waals surface area contributed by atoms with Gasteiger partial charge in [0, 0.05) is 12.5 Å². The lowest BCUT2D eigenvalue weighted by atomic mass is 10.0. The topological polar surface area (TPSA) is 33.5 Å². The van der Waals surface area contributed by atoms with Crippen molar-refractivity contribution in [2.75, 3.05) is 6.54 Å². The zero-order valence-corrected chi connectivity index (χ0v) is 10.5. The Kier molecular flexibility index (Phi) is 4.37. The van der Waals surface area contributed by atoms with E-state index in [1.807, 2.05) is 12.1 Å². The van der Waals surface area contributed by atoms with Gasteiger partial charge in [0.25, 0.3) is 0 Å². The Bertz CT molecular complexity index is 345. The van der Waals surface area contributed by atoms with Gasteiger partial charge in [-0.1, -0.05) is 12.8 Å². The number of ketones is 1. The van der Waals surface area contributed by atoms with Crippen molar-refractivity contribution in [2.45, 2.75) is 51.6 Å². The maximum atomic E-state index is 11.3. The standard InChI is InChI=1S/C14H21NO2/c1-12(16)10-13-6-3-2-4-8-15(13)11-14-7-5-9-17-14/h5,7,9,13H,2-4,6,8,10-11H2,1H3. The third kappa shape index (κ3) is 3.70. The lowest BCUT2D eigenvalue weighted by molar-refractivity contribution is -0.118. The Hall–Kier alpha value is -1.09. The third-order valence-corrected chi connectivity index (χ3v) is 3.46. The van der Waals surface area contributed by atoms with Gasteiger partial charge in [-0.2, -0.15) is 0 Å². The lowest BCUT2D eigenvalue weighted by Gasteiger charge is -2.28. The van der Waals surface area contributed by atoms with Crippen molar-refractivity contribution in [1.29, 1.82) is 0 Å². The summed E-state index contributed by atoms with van der Waals surface area (Å²) in [5.74, 6) is 1.29. The van der Waals surface area contributed by atoms with Gasteiger partial charge in [-0.3, -0.25) is 9.69 Å². The van der Waals surface area contributed by atoms with E-state index in [2.05, 4.69) is 4.90 Å². The van der Waals surface area contributed by atoms with Crippen molar-refractivity contribution in [3.05, 3.63) is 24.2 Å². The molecule has 2 rings (SSSR count). The summed E-state index contributed by atoms with van der Waals surface area (Å²) >= 11 is 0. The van der Waals surface area contributed by atoms with Crippen LogP contribution in [0.1, 0.15) is 44.8 Å². The van der Waals surface area contributed by atoms with E-state index >= 15 is 0 Å². The van der Waals surface area contributed by atoms with Crippen molar-refractivity contribution in [1.82, 2.24) is 4.90 Å². The van der Waals surface area contributed by atoms with Crippen molar-refractivity contribution >= 4 is 5.78 Å². The number of rotatable bonds is 4. The maximum absolute atomic E-state index is 11.3. The summed E-state index contributed by atoms with van der Waals surface area (Å²) in [6, 6.07) is 4.34. The average molecular weight is 235 g/mol. The summed E-state index contributed by atoms with van der Waals surface area (Å²) in [7, 11) is 0. The van der Waals surface area contributed by atoms with E-state index in [4.69, 9.17) is 4.42 Å². The summed E-state index contributed by atoms with van der Waals surface area (Å²) in [5.41, 5.74) is 0. The van der Waals surface area contributed by atoms with Crippen LogP contribution in [0.5, 0.6) is 0 Å². The van der Waals surface area contributed by atoms with Crippen LogP contribution in [0.25, 0.3) is 0 Å². The van der Waals surface area contributed by atoms with Gasteiger partial charge in [-0.05, 0) is 38.4 Å². The zero-order chi connectivity index (χ0) is 12.1. The first-order chi connectivity index (χ1) is 8.25. The number of furan rings is 1. The van der Waals surface area contributed by atoms with Crippen LogP contribution in [0.3, 0.4) is 0 Å². The fourth-order valence-electron chi connectivity index (χ4n) is 2.61. The van der Waals surface area contributed by atoms with Crippen LogP contribution in [-0.4, -0.2) is 23.3 Å². The second-order valence-electron chi connectivity index (χ2n) is 4.96. The van der Waals surface area contributed by atoms with Gasteiger partial charge < -0.3 is 4.42 Å². The molecule has 0 radical (unpaired) electrons. The van der Waals surface area contributed by atoms with E-state index in [1.165, 1.54) is 19.3 Å². The normalized spacial score (nSPS) is 22.3. The number of carbonyl (C=O) groups is 1. The highest BCUT2D eigenvalue weighted by molar-refractivity contribution is 5.76. The molecular weight excluding hydrogens is 214 g/mol. The maximum Gasteiger partial charge on any atom is 0.131 e. The van der Waals surface area contributed by atoms with E-state index in [-0.39, 0.29) is 0 Å². The van der Waals surface area contributed by atoms with E-state index in [9.17, 15) is 4.79 Å². The van der Waals surface area contributed by atoms with Crippen molar-refractivity contribution in [3.8, 4) is 0 Å². The molecule has 1 atom stereocenters. The number of nitrogens with zero attached hydrogens (tertiary/aromatic N) is 1. The first kappa shape index (κ1) is 12.4. The third-order valence-electron chi connectivity index (χ3n) is 3.46. The van der Waals surface area contributed by atoms with E-state index in [0.29, 0.717) is 18.2 Å². The van der Waals surface area contributed by atoms with Gasteiger partial charge in [0.15, 0.2) is 0 Å². The molecule has 1 fully saturated rings. The molecule has 94 valence electrons. The molecule has 0 saturated carbocycles. The lowest BCUT2D eigenvalue weighted by Crippen LogP contribution is -2.35. The summed E-state index contributed by atoms with van der Waals surface area (Å²) < 4.78 is 5.40. The molecule has 0 aliphatic carbocycles. The van der Waals surface area contributed by atoms with Crippen LogP contribution >= 0.6 is 0 Å². The molecule has 1 aliphatic rings. The number of carbonyl (C=O) groups excluding carboxylic acids is 1. The quantitative estimate of drug-likeness (QED) is 0.804. The first-order valence-corrected chi connectivity index (χ1v) is 6.51. The van der Waals surface area contributed by atoms with Crippen LogP contribution in [0.2, 0.25) is 0 Å². The van der Waals surface area contributed by atoms with Gasteiger partial charge in [0.1, 0.15) is 11.5 Å². The largest absolute Gasteiger partial charge is 0.468 e. The van der Waals surface area contributed by atoms with Crippen molar-refractivity contribution in [2.24, 2.45) is 0 Å². The molecule has 2 heterocycles. The molecule has 0 N–H and O–H groups in total. The van der Waals surface area contributed by atoms with Crippen LogP contribution in [0.15, 0.2) is 22.8 Å². The Morgan fingerprint density at radius 2 is 2.35 bits per heavy atom. The molecule has 1 aromatic heterocycles. The van der Waals surface area contributed by atoms with Crippen molar-refractivity contribution < 1.29 is 9.21 Å². The Labute approximate surface area is 103 Å². The molecule has 0 aromatic carbocycles. The van der Waals surface area contributed by atoms with Crippen LogP contribution in [-0.2, 0) is 11.3 Å². The minimum atomic E-state index is 0.293. The molecule has 3 heteroatoms. The van der Waals surface area contributed by atoms with E-state index in [0.717, 1.165) is 25.3 Å². The molecule has 0 spiro atoms. The molecule has 0 amide bonds. The van der Waals surface area contributed by atoms with Gasteiger partial charge in [-0.15, -0.1) is 0 Å². The van der Waals surface area contributed by atoms with Gasteiger partial charge in [0.2, 0.25) is 0 Å². The van der Waals surface area contributed by atoms with Gasteiger partial charge >= 0.3 is 0 Å². The molecule has 1 aromatic rings. The average Bonchev–Trinajstić information content (AvgIpc) is 2.69. The molecule has 0 bridgehead atoms. The number of Topliss-reactive ketones (excluding diaryl/α,β-unsaturated/α-hetero) is 1. The highest BCUT2D eigenvalue weighted by Crippen LogP contribution is 2.21. The predicted molar refractivity (Wildman–Crippen MR) is 66.7 cm³/mol. The number of likely N-dealkylation sites (tertiary alicyclic amines) is 1. The molecule has 1 saturated heterocycles.